The Bertz CT molecular complexity index is 745. The van der Waals surface area contributed by atoms with E-state index >= 15 is 0 Å². The molecule has 25 heavy (non-hydrogen) atoms. The summed E-state index contributed by atoms with van der Waals surface area (Å²) in [6.45, 7) is 6.23. The fourth-order valence-electron chi connectivity index (χ4n) is 3.16. The van der Waals surface area contributed by atoms with Crippen molar-refractivity contribution in [2.45, 2.75) is 50.3 Å². The molecule has 0 radical (unpaired) electrons. The second kappa shape index (κ2) is 8.57. The molecule has 3 rings (SSSR count). The third-order valence-corrected chi connectivity index (χ3v) is 6.33. The van der Waals surface area contributed by atoms with Crippen LogP contribution in [0.15, 0.2) is 35.2 Å². The van der Waals surface area contributed by atoms with Crippen LogP contribution in [0.25, 0.3) is 0 Å². The molecule has 0 unspecified atom stereocenters. The van der Waals surface area contributed by atoms with Crippen LogP contribution in [-0.4, -0.2) is 6.54 Å². The van der Waals surface area contributed by atoms with E-state index in [9.17, 15) is 4.39 Å². The highest BCUT2D eigenvalue weighted by molar-refractivity contribution is 7.98. The summed E-state index contributed by atoms with van der Waals surface area (Å²) in [5, 5.41) is 4.20. The number of hydrogen-bond donors (Lipinski definition) is 1. The first-order valence-corrected chi connectivity index (χ1v) is 10.3. The molecular formula is C21H25ClFNS. The molecule has 0 fully saturated rings. The maximum absolute atomic E-state index is 14.3. The van der Waals surface area contributed by atoms with Gasteiger partial charge in [0.2, 0.25) is 0 Å². The van der Waals surface area contributed by atoms with E-state index in [4.69, 9.17) is 11.6 Å². The maximum atomic E-state index is 14.3. The highest BCUT2D eigenvalue weighted by atomic mass is 35.5. The number of rotatable bonds is 6. The Kier molecular flexibility index (Phi) is 6.43. The Hall–Kier alpha value is -1.03. The average molecular weight is 378 g/mol. The second-order valence-electron chi connectivity index (χ2n) is 7.09. The maximum Gasteiger partial charge on any atom is 0.126 e. The third-order valence-electron chi connectivity index (χ3n) is 4.67. The van der Waals surface area contributed by atoms with Gasteiger partial charge in [0.1, 0.15) is 5.82 Å². The fourth-order valence-corrected chi connectivity index (χ4v) is 4.60. The molecule has 1 aliphatic rings. The van der Waals surface area contributed by atoms with Crippen LogP contribution in [0.5, 0.6) is 0 Å². The minimum atomic E-state index is -0.0795. The normalized spacial score (nSPS) is 14.0. The zero-order valence-corrected chi connectivity index (χ0v) is 16.4. The Balaban J connectivity index is 1.71. The molecule has 1 heterocycles. The lowest BCUT2D eigenvalue weighted by atomic mass is 10.0. The topological polar surface area (TPSA) is 12.0 Å². The monoisotopic (exact) mass is 377 g/mol. The molecule has 0 bridgehead atoms. The number of benzene rings is 2. The van der Waals surface area contributed by atoms with Crippen LogP contribution >= 0.6 is 23.4 Å². The number of nitrogens with one attached hydrogen (secondary N) is 1. The zero-order valence-electron chi connectivity index (χ0n) is 14.9. The molecule has 0 amide bonds. The predicted octanol–water partition coefficient (Wildman–Crippen LogP) is 6.01. The highest BCUT2D eigenvalue weighted by Crippen LogP contribution is 2.36. The van der Waals surface area contributed by atoms with Gasteiger partial charge >= 0.3 is 0 Å². The third kappa shape index (κ3) is 4.78. The number of halogens is 2. The molecule has 0 saturated carbocycles. The van der Waals surface area contributed by atoms with E-state index in [1.54, 1.807) is 17.8 Å². The van der Waals surface area contributed by atoms with E-state index < -0.39 is 0 Å². The van der Waals surface area contributed by atoms with Gasteiger partial charge < -0.3 is 5.32 Å². The molecule has 2 aromatic carbocycles. The summed E-state index contributed by atoms with van der Waals surface area (Å²) < 4.78 is 14.3. The number of fused-ring (bicyclic) bond motifs is 1. The molecule has 1 N–H and O–H groups in total. The van der Waals surface area contributed by atoms with E-state index in [1.165, 1.54) is 11.1 Å². The smallest absolute Gasteiger partial charge is 0.126 e. The summed E-state index contributed by atoms with van der Waals surface area (Å²) in [5.74, 6) is 1.25. The van der Waals surface area contributed by atoms with Crippen molar-refractivity contribution in [3.8, 4) is 0 Å². The highest BCUT2D eigenvalue weighted by Gasteiger charge is 2.16. The molecule has 0 saturated heterocycles. The minimum Gasteiger partial charge on any atom is -0.312 e. The van der Waals surface area contributed by atoms with Crippen LogP contribution in [0, 0.1) is 11.7 Å². The van der Waals surface area contributed by atoms with Gasteiger partial charge in [-0.2, -0.15) is 0 Å². The molecule has 134 valence electrons. The van der Waals surface area contributed by atoms with E-state index in [1.807, 2.05) is 12.1 Å². The van der Waals surface area contributed by atoms with Gasteiger partial charge in [-0.15, -0.1) is 11.8 Å². The first-order valence-electron chi connectivity index (χ1n) is 8.95. The number of hydrogen-bond acceptors (Lipinski definition) is 2. The Morgan fingerprint density at radius 3 is 2.84 bits per heavy atom. The largest absolute Gasteiger partial charge is 0.312 e. The zero-order chi connectivity index (χ0) is 17.8. The molecular weight excluding hydrogens is 353 g/mol. The molecule has 1 aliphatic heterocycles. The Morgan fingerprint density at radius 2 is 2.08 bits per heavy atom. The van der Waals surface area contributed by atoms with Crippen LogP contribution < -0.4 is 5.32 Å². The van der Waals surface area contributed by atoms with Crippen molar-refractivity contribution in [3.63, 3.8) is 0 Å². The average Bonchev–Trinajstić information content (AvgIpc) is 2.60. The first kappa shape index (κ1) is 18.8. The number of aryl methyl sites for hydroxylation is 1. The molecule has 1 nitrogen and oxygen atoms in total. The van der Waals surface area contributed by atoms with E-state index in [-0.39, 0.29) is 5.82 Å². The summed E-state index contributed by atoms with van der Waals surface area (Å²) in [7, 11) is 0. The van der Waals surface area contributed by atoms with Crippen molar-refractivity contribution in [2.75, 3.05) is 6.54 Å². The Labute approximate surface area is 159 Å². The predicted molar refractivity (Wildman–Crippen MR) is 106 cm³/mol. The lowest BCUT2D eigenvalue weighted by molar-refractivity contribution is 0.558. The standard InChI is InChI=1S/C21H25ClFNS/c1-14(2)3-5-16-6-4-15(11-20(16)23)13-25-21-18-9-10-24-12-17(18)7-8-19(21)22/h4,6-8,11,14,24H,3,5,9-10,12-13H2,1-2H3. The lowest BCUT2D eigenvalue weighted by Crippen LogP contribution is -2.24. The lowest BCUT2D eigenvalue weighted by Gasteiger charge is -2.21. The van der Waals surface area contributed by atoms with Gasteiger partial charge in [-0.25, -0.2) is 4.39 Å². The summed E-state index contributed by atoms with van der Waals surface area (Å²) in [6.07, 6.45) is 2.83. The van der Waals surface area contributed by atoms with Gasteiger partial charge in [0.15, 0.2) is 0 Å². The first-order chi connectivity index (χ1) is 12.0. The summed E-state index contributed by atoms with van der Waals surface area (Å²) in [5.41, 5.74) is 4.51. The van der Waals surface area contributed by atoms with Crippen LogP contribution in [0.3, 0.4) is 0 Å². The molecule has 0 aromatic heterocycles. The van der Waals surface area contributed by atoms with Crippen LogP contribution in [0.1, 0.15) is 42.5 Å². The van der Waals surface area contributed by atoms with Crippen molar-refractivity contribution in [2.24, 2.45) is 5.92 Å². The Morgan fingerprint density at radius 1 is 1.24 bits per heavy atom. The summed E-state index contributed by atoms with van der Waals surface area (Å²) in [6, 6.07) is 9.77. The summed E-state index contributed by atoms with van der Waals surface area (Å²) >= 11 is 8.16. The SMILES string of the molecule is CC(C)CCc1ccc(CSc2c(Cl)ccc3c2CCNC3)cc1F. The van der Waals surface area contributed by atoms with E-state index in [2.05, 4.69) is 31.3 Å². The van der Waals surface area contributed by atoms with Gasteiger partial charge in [-0.05, 0) is 66.1 Å². The van der Waals surface area contributed by atoms with Gasteiger partial charge in [0, 0.05) is 17.2 Å². The van der Waals surface area contributed by atoms with Gasteiger partial charge in [0.25, 0.3) is 0 Å². The number of thioether (sulfide) groups is 1. The molecule has 0 atom stereocenters. The molecule has 2 aromatic rings. The van der Waals surface area contributed by atoms with Crippen LogP contribution in [-0.2, 0) is 25.1 Å². The van der Waals surface area contributed by atoms with Crippen molar-refractivity contribution in [1.29, 1.82) is 0 Å². The van der Waals surface area contributed by atoms with Crippen LogP contribution in [0.4, 0.5) is 4.39 Å². The molecule has 4 heteroatoms. The minimum absolute atomic E-state index is 0.0795. The van der Waals surface area contributed by atoms with Gasteiger partial charge in [-0.3, -0.25) is 0 Å². The quantitative estimate of drug-likeness (QED) is 0.619. The van der Waals surface area contributed by atoms with Crippen LogP contribution in [0.2, 0.25) is 5.02 Å². The van der Waals surface area contributed by atoms with Crippen molar-refractivity contribution in [1.82, 2.24) is 5.32 Å². The van der Waals surface area contributed by atoms with E-state index in [0.717, 1.165) is 59.1 Å². The molecule has 0 spiro atoms. The second-order valence-corrected chi connectivity index (χ2v) is 8.48. The van der Waals surface area contributed by atoms with E-state index in [0.29, 0.717) is 5.92 Å². The van der Waals surface area contributed by atoms with Gasteiger partial charge in [-0.1, -0.05) is 43.6 Å². The summed E-state index contributed by atoms with van der Waals surface area (Å²) in [4.78, 5) is 1.16. The fraction of sp³-hybridized carbons (Fsp3) is 0.429. The van der Waals surface area contributed by atoms with Crippen molar-refractivity contribution >= 4 is 23.4 Å². The van der Waals surface area contributed by atoms with Gasteiger partial charge in [0.05, 0.1) is 5.02 Å². The molecule has 0 aliphatic carbocycles. The van der Waals surface area contributed by atoms with Crippen molar-refractivity contribution in [3.05, 3.63) is 63.4 Å². The van der Waals surface area contributed by atoms with Crippen molar-refractivity contribution < 1.29 is 4.39 Å².